The van der Waals surface area contributed by atoms with Gasteiger partial charge in [-0.25, -0.2) is 0 Å². The average molecular weight is 252 g/mol. The van der Waals surface area contributed by atoms with E-state index in [0.717, 1.165) is 18.7 Å². The minimum atomic E-state index is 0.484. The Bertz CT molecular complexity index is 398. The third-order valence-electron chi connectivity index (χ3n) is 2.85. The van der Waals surface area contributed by atoms with Crippen molar-refractivity contribution in [3.63, 3.8) is 0 Å². The van der Waals surface area contributed by atoms with Crippen LogP contribution in [0.25, 0.3) is 0 Å². The summed E-state index contributed by atoms with van der Waals surface area (Å²) in [7, 11) is 0. The Morgan fingerprint density at radius 3 is 2.62 bits per heavy atom. The van der Waals surface area contributed by atoms with Gasteiger partial charge in [-0.05, 0) is 30.7 Å². The highest BCUT2D eigenvalue weighted by Gasteiger charge is 2.12. The summed E-state index contributed by atoms with van der Waals surface area (Å²) >= 11 is 7.03. The van der Waals surface area contributed by atoms with E-state index in [-0.39, 0.29) is 0 Å². The molecule has 2 N–H and O–H groups in total. The minimum Gasteiger partial charge on any atom is -0.389 e. The molecule has 1 aliphatic rings. The largest absolute Gasteiger partial charge is 0.389 e. The number of rotatable bonds is 2. The minimum absolute atomic E-state index is 0.484. The van der Waals surface area contributed by atoms with Crippen molar-refractivity contribution in [2.24, 2.45) is 5.73 Å². The monoisotopic (exact) mass is 252 g/mol. The molecule has 86 valence electrons. The molecule has 0 radical (unpaired) electrons. The number of nitrogens with zero attached hydrogens (tertiary/aromatic N) is 1. The SMILES string of the molecule is Cc1cc(N2CCSCC2)ccc1C(N)=S. The van der Waals surface area contributed by atoms with E-state index in [1.54, 1.807) is 0 Å². The zero-order chi connectivity index (χ0) is 11.5. The second kappa shape index (κ2) is 5.06. The number of thiocarbonyl (C=S) groups is 1. The number of hydrogen-bond acceptors (Lipinski definition) is 3. The molecule has 0 unspecified atom stereocenters. The van der Waals surface area contributed by atoms with E-state index >= 15 is 0 Å². The molecule has 0 saturated carbocycles. The van der Waals surface area contributed by atoms with Gasteiger partial charge in [0.2, 0.25) is 0 Å². The first-order chi connectivity index (χ1) is 7.68. The van der Waals surface area contributed by atoms with Gasteiger partial charge < -0.3 is 10.6 Å². The van der Waals surface area contributed by atoms with Crippen molar-refractivity contribution < 1.29 is 0 Å². The molecule has 2 nitrogen and oxygen atoms in total. The van der Waals surface area contributed by atoms with Gasteiger partial charge in [-0.15, -0.1) is 0 Å². The lowest BCUT2D eigenvalue weighted by Gasteiger charge is -2.29. The van der Waals surface area contributed by atoms with Gasteiger partial charge in [0.25, 0.3) is 0 Å². The summed E-state index contributed by atoms with van der Waals surface area (Å²) in [5.41, 5.74) is 9.11. The van der Waals surface area contributed by atoms with E-state index in [4.69, 9.17) is 18.0 Å². The highest BCUT2D eigenvalue weighted by atomic mass is 32.2. The zero-order valence-electron chi connectivity index (χ0n) is 9.40. The van der Waals surface area contributed by atoms with Gasteiger partial charge >= 0.3 is 0 Å². The van der Waals surface area contributed by atoms with Crippen molar-refractivity contribution in [1.82, 2.24) is 0 Å². The first kappa shape index (κ1) is 11.7. The topological polar surface area (TPSA) is 29.3 Å². The summed E-state index contributed by atoms with van der Waals surface area (Å²) in [6, 6.07) is 6.34. The predicted molar refractivity (Wildman–Crippen MR) is 76.6 cm³/mol. The third kappa shape index (κ3) is 2.50. The molecule has 1 aromatic rings. The van der Waals surface area contributed by atoms with Crippen molar-refractivity contribution in [3.05, 3.63) is 29.3 Å². The molecule has 1 aliphatic heterocycles. The molecule has 0 spiro atoms. The summed E-state index contributed by atoms with van der Waals surface area (Å²) in [6.07, 6.45) is 0. The number of benzene rings is 1. The molecule has 1 aromatic carbocycles. The zero-order valence-corrected chi connectivity index (χ0v) is 11.0. The van der Waals surface area contributed by atoms with Crippen LogP contribution in [0.3, 0.4) is 0 Å². The molecular weight excluding hydrogens is 236 g/mol. The van der Waals surface area contributed by atoms with E-state index in [0.29, 0.717) is 4.99 Å². The summed E-state index contributed by atoms with van der Waals surface area (Å²) in [5.74, 6) is 2.44. The number of thioether (sulfide) groups is 1. The Balaban J connectivity index is 2.23. The van der Waals surface area contributed by atoms with Crippen LogP contribution in [-0.2, 0) is 0 Å². The molecule has 16 heavy (non-hydrogen) atoms. The van der Waals surface area contributed by atoms with Crippen molar-refractivity contribution in [1.29, 1.82) is 0 Å². The molecule has 1 heterocycles. The maximum absolute atomic E-state index is 5.66. The Morgan fingerprint density at radius 2 is 2.06 bits per heavy atom. The van der Waals surface area contributed by atoms with Gasteiger partial charge in [-0.2, -0.15) is 11.8 Å². The van der Waals surface area contributed by atoms with E-state index in [1.165, 1.54) is 22.8 Å². The van der Waals surface area contributed by atoms with Crippen LogP contribution in [0.5, 0.6) is 0 Å². The van der Waals surface area contributed by atoms with Crippen molar-refractivity contribution in [2.75, 3.05) is 29.5 Å². The number of nitrogens with two attached hydrogens (primary N) is 1. The van der Waals surface area contributed by atoms with Gasteiger partial charge in [0.1, 0.15) is 4.99 Å². The second-order valence-corrected chi connectivity index (χ2v) is 5.63. The van der Waals surface area contributed by atoms with Gasteiger partial charge in [-0.1, -0.05) is 12.2 Å². The van der Waals surface area contributed by atoms with E-state index in [1.807, 2.05) is 17.8 Å². The average Bonchev–Trinajstić information content (AvgIpc) is 2.29. The van der Waals surface area contributed by atoms with Crippen LogP contribution < -0.4 is 10.6 Å². The fraction of sp³-hybridized carbons (Fsp3) is 0.417. The summed E-state index contributed by atoms with van der Waals surface area (Å²) in [6.45, 7) is 4.34. The highest BCUT2D eigenvalue weighted by Crippen LogP contribution is 2.22. The maximum atomic E-state index is 5.66. The molecule has 0 atom stereocenters. The maximum Gasteiger partial charge on any atom is 0.104 e. The lowest BCUT2D eigenvalue weighted by molar-refractivity contribution is 0.858. The van der Waals surface area contributed by atoms with E-state index in [2.05, 4.69) is 24.0 Å². The van der Waals surface area contributed by atoms with Crippen molar-refractivity contribution >= 4 is 34.7 Å². The Labute approximate surface area is 106 Å². The second-order valence-electron chi connectivity index (χ2n) is 3.96. The van der Waals surface area contributed by atoms with Crippen LogP contribution in [-0.4, -0.2) is 29.6 Å². The summed E-state index contributed by atoms with van der Waals surface area (Å²) in [4.78, 5) is 2.91. The van der Waals surface area contributed by atoms with Gasteiger partial charge in [0.05, 0.1) is 0 Å². The Hall–Kier alpha value is -0.740. The molecule has 4 heteroatoms. The summed E-state index contributed by atoms with van der Waals surface area (Å²) in [5, 5.41) is 0. The van der Waals surface area contributed by atoms with Crippen LogP contribution in [0, 0.1) is 6.92 Å². The molecule has 1 saturated heterocycles. The van der Waals surface area contributed by atoms with E-state index < -0.39 is 0 Å². The van der Waals surface area contributed by atoms with Crippen molar-refractivity contribution in [3.8, 4) is 0 Å². The molecule has 1 fully saturated rings. The van der Waals surface area contributed by atoms with Gasteiger partial charge in [0, 0.05) is 35.8 Å². The molecule has 2 rings (SSSR count). The Kier molecular flexibility index (Phi) is 3.71. The molecule has 0 aromatic heterocycles. The normalized spacial score (nSPS) is 16.2. The fourth-order valence-electron chi connectivity index (χ4n) is 1.94. The van der Waals surface area contributed by atoms with Crippen LogP contribution in [0.1, 0.15) is 11.1 Å². The quantitative estimate of drug-likeness (QED) is 0.817. The van der Waals surface area contributed by atoms with Crippen LogP contribution >= 0.6 is 24.0 Å². The summed E-state index contributed by atoms with van der Waals surface area (Å²) < 4.78 is 0. The van der Waals surface area contributed by atoms with Crippen LogP contribution in [0.2, 0.25) is 0 Å². The van der Waals surface area contributed by atoms with Crippen molar-refractivity contribution in [2.45, 2.75) is 6.92 Å². The van der Waals surface area contributed by atoms with Crippen LogP contribution in [0.4, 0.5) is 5.69 Å². The molecule has 0 aliphatic carbocycles. The van der Waals surface area contributed by atoms with Gasteiger partial charge in [-0.3, -0.25) is 0 Å². The molecular formula is C12H16N2S2. The van der Waals surface area contributed by atoms with E-state index in [9.17, 15) is 0 Å². The molecule has 0 amide bonds. The first-order valence-corrected chi connectivity index (χ1v) is 6.98. The number of hydrogen-bond donors (Lipinski definition) is 1. The smallest absolute Gasteiger partial charge is 0.104 e. The lowest BCUT2D eigenvalue weighted by Crippen LogP contribution is -2.32. The third-order valence-corrected chi connectivity index (χ3v) is 4.01. The number of anilines is 1. The van der Waals surface area contributed by atoms with Crippen LogP contribution in [0.15, 0.2) is 18.2 Å². The standard InChI is InChI=1S/C12H16N2S2/c1-9-8-10(2-3-11(9)12(13)15)14-4-6-16-7-5-14/h2-3,8H,4-7H2,1H3,(H2,13,15). The highest BCUT2D eigenvalue weighted by molar-refractivity contribution is 7.99. The predicted octanol–water partition coefficient (Wildman–Crippen LogP) is 2.18. The van der Waals surface area contributed by atoms with Gasteiger partial charge in [0.15, 0.2) is 0 Å². The molecule has 0 bridgehead atoms. The Morgan fingerprint density at radius 1 is 1.38 bits per heavy atom. The number of aryl methyl sites for hydroxylation is 1. The first-order valence-electron chi connectivity index (χ1n) is 5.41. The fourth-order valence-corrected chi connectivity index (χ4v) is 3.07. The lowest BCUT2D eigenvalue weighted by atomic mass is 10.1.